The van der Waals surface area contributed by atoms with Crippen LogP contribution in [0.25, 0.3) is 0 Å². The van der Waals surface area contributed by atoms with E-state index in [1.54, 1.807) is 19.1 Å². The predicted octanol–water partition coefficient (Wildman–Crippen LogP) is 2.23. The van der Waals surface area contributed by atoms with Gasteiger partial charge in [-0.15, -0.1) is 0 Å². The van der Waals surface area contributed by atoms with Crippen molar-refractivity contribution in [3.63, 3.8) is 0 Å². The quantitative estimate of drug-likeness (QED) is 0.435. The van der Waals surface area contributed by atoms with Gasteiger partial charge in [-0.05, 0) is 43.9 Å². The number of Topliss-reactive ketones (excluding diaryl/α,β-unsaturated/α-hetero) is 1. The summed E-state index contributed by atoms with van der Waals surface area (Å²) in [6.45, 7) is 2.48. The van der Waals surface area contributed by atoms with E-state index in [9.17, 15) is 9.59 Å². The second-order valence-electron chi connectivity index (χ2n) is 4.67. The molecule has 1 aliphatic rings. The summed E-state index contributed by atoms with van der Waals surface area (Å²) in [4.78, 5) is 23.2. The molecule has 2 rings (SSSR count). The molecule has 0 aromatic heterocycles. The average molecular weight is 278 g/mol. The minimum Gasteiger partial charge on any atom is -0.493 e. The van der Waals surface area contributed by atoms with Crippen LogP contribution in [-0.2, 0) is 9.53 Å². The van der Waals surface area contributed by atoms with Gasteiger partial charge in [-0.25, -0.2) is 4.79 Å². The van der Waals surface area contributed by atoms with Gasteiger partial charge in [0.1, 0.15) is 0 Å². The summed E-state index contributed by atoms with van der Waals surface area (Å²) in [7, 11) is 1.50. The molecule has 0 bridgehead atoms. The minimum absolute atomic E-state index is 0.171. The van der Waals surface area contributed by atoms with Crippen LogP contribution in [0.1, 0.15) is 30.1 Å². The summed E-state index contributed by atoms with van der Waals surface area (Å²) >= 11 is 0. The number of ketones is 1. The molecular weight excluding hydrogens is 260 g/mol. The van der Waals surface area contributed by atoms with Crippen LogP contribution in [0.2, 0.25) is 0 Å². The van der Waals surface area contributed by atoms with E-state index in [1.165, 1.54) is 26.0 Å². The molecule has 0 amide bonds. The fourth-order valence-electron chi connectivity index (χ4n) is 1.73. The molecule has 5 nitrogen and oxygen atoms in total. The molecule has 5 heteroatoms. The zero-order valence-electron chi connectivity index (χ0n) is 11.7. The Morgan fingerprint density at radius 2 is 2.00 bits per heavy atom. The van der Waals surface area contributed by atoms with Crippen LogP contribution < -0.4 is 9.47 Å². The molecule has 0 radical (unpaired) electrons. The van der Waals surface area contributed by atoms with Crippen LogP contribution in [0.3, 0.4) is 0 Å². The summed E-state index contributed by atoms with van der Waals surface area (Å²) in [6, 6.07) is 4.69. The Morgan fingerprint density at radius 3 is 2.60 bits per heavy atom. The molecule has 0 saturated heterocycles. The molecule has 1 saturated carbocycles. The molecule has 0 heterocycles. The van der Waals surface area contributed by atoms with Crippen molar-refractivity contribution in [2.45, 2.75) is 19.8 Å². The highest BCUT2D eigenvalue weighted by Gasteiger charge is 2.23. The van der Waals surface area contributed by atoms with Crippen molar-refractivity contribution in [1.29, 1.82) is 0 Å². The number of rotatable bonds is 7. The van der Waals surface area contributed by atoms with Crippen molar-refractivity contribution in [3.05, 3.63) is 23.8 Å². The minimum atomic E-state index is -0.860. The van der Waals surface area contributed by atoms with Crippen molar-refractivity contribution in [2.75, 3.05) is 20.3 Å². The Kier molecular flexibility index (Phi) is 4.61. The lowest BCUT2D eigenvalue weighted by atomic mass is 10.1. The molecule has 0 aliphatic heterocycles. The molecule has 0 unspecified atom stereocenters. The molecule has 0 spiro atoms. The molecule has 0 atom stereocenters. The molecule has 0 N–H and O–H groups in total. The van der Waals surface area contributed by atoms with Crippen LogP contribution in [0.15, 0.2) is 18.2 Å². The van der Waals surface area contributed by atoms with Crippen LogP contribution in [0, 0.1) is 5.92 Å². The van der Waals surface area contributed by atoms with Gasteiger partial charge in [0.2, 0.25) is 0 Å². The Morgan fingerprint density at radius 1 is 1.25 bits per heavy atom. The van der Waals surface area contributed by atoms with Gasteiger partial charge in [0, 0.05) is 5.56 Å². The van der Waals surface area contributed by atoms with Gasteiger partial charge in [0.05, 0.1) is 20.3 Å². The van der Waals surface area contributed by atoms with Crippen molar-refractivity contribution < 1.29 is 23.8 Å². The molecule has 108 valence electrons. The summed E-state index contributed by atoms with van der Waals surface area (Å²) in [5.41, 5.74) is 0.235. The first-order valence-corrected chi connectivity index (χ1v) is 6.68. The number of hydrogen-bond acceptors (Lipinski definition) is 5. The summed E-state index contributed by atoms with van der Waals surface area (Å²) in [5.74, 6) is 0.112. The third-order valence-electron chi connectivity index (χ3n) is 3.06. The van der Waals surface area contributed by atoms with E-state index in [2.05, 4.69) is 4.74 Å². The highest BCUT2D eigenvalue weighted by molar-refractivity contribution is 6.40. The van der Waals surface area contributed by atoms with E-state index in [1.807, 2.05) is 0 Å². The standard InChI is InChI=1S/C15H18O5/c1-3-19-15(17)14(16)11-6-7-12(13(8-11)18-2)20-9-10-4-5-10/h6-8,10H,3-5,9H2,1-2H3. The smallest absolute Gasteiger partial charge is 0.379 e. The third-order valence-corrected chi connectivity index (χ3v) is 3.06. The lowest BCUT2D eigenvalue weighted by Crippen LogP contribution is -2.17. The van der Waals surface area contributed by atoms with Gasteiger partial charge >= 0.3 is 5.97 Å². The van der Waals surface area contributed by atoms with Crippen LogP contribution in [0.5, 0.6) is 11.5 Å². The van der Waals surface area contributed by atoms with Gasteiger partial charge in [0.15, 0.2) is 11.5 Å². The highest BCUT2D eigenvalue weighted by Crippen LogP contribution is 2.33. The largest absolute Gasteiger partial charge is 0.493 e. The molecule has 1 fully saturated rings. The number of esters is 1. The summed E-state index contributed by atoms with van der Waals surface area (Å²) in [5, 5.41) is 0. The van der Waals surface area contributed by atoms with Crippen molar-refractivity contribution in [3.8, 4) is 11.5 Å². The number of carbonyl (C=O) groups excluding carboxylic acids is 2. The fourth-order valence-corrected chi connectivity index (χ4v) is 1.73. The van der Waals surface area contributed by atoms with Gasteiger partial charge < -0.3 is 14.2 Å². The van der Waals surface area contributed by atoms with Crippen LogP contribution in [-0.4, -0.2) is 32.1 Å². The molecule has 1 aromatic carbocycles. The zero-order valence-corrected chi connectivity index (χ0v) is 11.7. The Labute approximate surface area is 117 Å². The van der Waals surface area contributed by atoms with Crippen molar-refractivity contribution in [1.82, 2.24) is 0 Å². The monoisotopic (exact) mass is 278 g/mol. The Bertz CT molecular complexity index is 505. The molecule has 1 aliphatic carbocycles. The first kappa shape index (κ1) is 14.4. The highest BCUT2D eigenvalue weighted by atomic mass is 16.5. The van der Waals surface area contributed by atoms with E-state index < -0.39 is 11.8 Å². The summed E-state index contributed by atoms with van der Waals surface area (Å²) in [6.07, 6.45) is 2.39. The second-order valence-corrected chi connectivity index (χ2v) is 4.67. The van der Waals surface area contributed by atoms with Gasteiger partial charge in [-0.2, -0.15) is 0 Å². The SMILES string of the molecule is CCOC(=O)C(=O)c1ccc(OCC2CC2)c(OC)c1. The first-order chi connectivity index (χ1) is 9.65. The van der Waals surface area contributed by atoms with Crippen molar-refractivity contribution in [2.24, 2.45) is 5.92 Å². The van der Waals surface area contributed by atoms with E-state index >= 15 is 0 Å². The zero-order chi connectivity index (χ0) is 14.5. The van der Waals surface area contributed by atoms with Gasteiger partial charge in [-0.3, -0.25) is 4.79 Å². The average Bonchev–Trinajstić information content (AvgIpc) is 3.28. The third kappa shape index (κ3) is 3.50. The predicted molar refractivity (Wildman–Crippen MR) is 72.2 cm³/mol. The van der Waals surface area contributed by atoms with Crippen LogP contribution in [0.4, 0.5) is 0 Å². The number of ether oxygens (including phenoxy) is 3. The number of benzene rings is 1. The van der Waals surface area contributed by atoms with E-state index in [0.29, 0.717) is 24.0 Å². The molecule has 1 aromatic rings. The number of methoxy groups -OCH3 is 1. The summed E-state index contributed by atoms with van der Waals surface area (Å²) < 4.78 is 15.5. The number of hydrogen-bond donors (Lipinski definition) is 0. The van der Waals surface area contributed by atoms with E-state index in [0.717, 1.165) is 0 Å². The lowest BCUT2D eigenvalue weighted by molar-refractivity contribution is -0.137. The van der Waals surface area contributed by atoms with Gasteiger partial charge in [-0.1, -0.05) is 0 Å². The molecular formula is C15H18O5. The maximum Gasteiger partial charge on any atom is 0.379 e. The first-order valence-electron chi connectivity index (χ1n) is 6.68. The van der Waals surface area contributed by atoms with Gasteiger partial charge in [0.25, 0.3) is 5.78 Å². The Balaban J connectivity index is 2.10. The molecule has 20 heavy (non-hydrogen) atoms. The topological polar surface area (TPSA) is 61.8 Å². The second kappa shape index (κ2) is 6.41. The maximum atomic E-state index is 11.8. The normalized spacial score (nSPS) is 13.7. The maximum absolute atomic E-state index is 11.8. The van der Waals surface area contributed by atoms with Crippen molar-refractivity contribution >= 4 is 11.8 Å². The number of carbonyl (C=O) groups is 2. The fraction of sp³-hybridized carbons (Fsp3) is 0.467. The lowest BCUT2D eigenvalue weighted by Gasteiger charge is -2.11. The van der Waals surface area contributed by atoms with Crippen LogP contribution >= 0.6 is 0 Å². The Hall–Kier alpha value is -2.04. The van der Waals surface area contributed by atoms with E-state index in [-0.39, 0.29) is 12.2 Å². The van der Waals surface area contributed by atoms with E-state index in [4.69, 9.17) is 9.47 Å².